The molecule has 0 radical (unpaired) electrons. The first kappa shape index (κ1) is 16.1. The van der Waals surface area contributed by atoms with Crippen molar-refractivity contribution in [2.75, 3.05) is 47.5 Å². The van der Waals surface area contributed by atoms with Gasteiger partial charge in [0.2, 0.25) is 0 Å². The van der Waals surface area contributed by atoms with Gasteiger partial charge < -0.3 is 24.0 Å². The second-order valence-electron chi connectivity index (χ2n) is 6.10. The molecule has 0 aliphatic carbocycles. The lowest BCUT2D eigenvalue weighted by Crippen LogP contribution is -2.60. The number of fused-ring (bicyclic) bond motifs is 1. The number of benzene rings is 1. The van der Waals surface area contributed by atoms with E-state index < -0.39 is 0 Å². The maximum atomic E-state index is 13.0. The number of hydrogen-bond acceptors (Lipinski definition) is 5. The molecule has 2 atom stereocenters. The van der Waals surface area contributed by atoms with Crippen molar-refractivity contribution >= 4 is 5.91 Å². The predicted molar refractivity (Wildman–Crippen MR) is 86.2 cm³/mol. The first-order chi connectivity index (χ1) is 11.1. The van der Waals surface area contributed by atoms with Gasteiger partial charge in [-0.15, -0.1) is 0 Å². The number of methoxy groups -OCH3 is 2. The van der Waals surface area contributed by atoms with E-state index in [1.54, 1.807) is 32.4 Å². The summed E-state index contributed by atoms with van der Waals surface area (Å²) in [5.74, 6) is 1.23. The number of morpholine rings is 1. The van der Waals surface area contributed by atoms with Crippen molar-refractivity contribution in [2.24, 2.45) is 0 Å². The Morgan fingerprint density at radius 1 is 1.22 bits per heavy atom. The zero-order chi connectivity index (χ0) is 16.4. The molecule has 0 bridgehead atoms. The van der Waals surface area contributed by atoms with E-state index in [0.29, 0.717) is 30.2 Å². The third kappa shape index (κ3) is 3.14. The van der Waals surface area contributed by atoms with Crippen LogP contribution in [0.15, 0.2) is 18.2 Å². The summed E-state index contributed by atoms with van der Waals surface area (Å²) in [6.45, 7) is 3.09. The highest BCUT2D eigenvalue weighted by Crippen LogP contribution is 2.30. The van der Waals surface area contributed by atoms with Crippen molar-refractivity contribution in [3.05, 3.63) is 23.8 Å². The van der Waals surface area contributed by atoms with Gasteiger partial charge in [0.15, 0.2) is 11.5 Å². The topological polar surface area (TPSA) is 51.2 Å². The SMILES string of the molecule is COc1ccc(C(=O)N2CCOC3CCN(C)CC32)cc1OC. The minimum absolute atomic E-state index is 0.0274. The average molecular weight is 320 g/mol. The summed E-state index contributed by atoms with van der Waals surface area (Å²) in [5.41, 5.74) is 0.622. The number of likely N-dealkylation sites (N-methyl/N-ethyl adjacent to an activating group) is 1. The molecule has 2 aliphatic heterocycles. The number of carbonyl (C=O) groups is 1. The minimum Gasteiger partial charge on any atom is -0.493 e. The molecule has 2 saturated heterocycles. The van der Waals surface area contributed by atoms with Crippen LogP contribution in [-0.4, -0.2) is 75.4 Å². The number of hydrogen-bond donors (Lipinski definition) is 0. The highest BCUT2D eigenvalue weighted by Gasteiger charge is 2.38. The summed E-state index contributed by atoms with van der Waals surface area (Å²) in [4.78, 5) is 17.2. The van der Waals surface area contributed by atoms with Crippen molar-refractivity contribution in [3.63, 3.8) is 0 Å². The second kappa shape index (κ2) is 6.76. The molecule has 1 aromatic carbocycles. The minimum atomic E-state index is 0.0274. The van der Waals surface area contributed by atoms with Crippen LogP contribution in [0, 0.1) is 0 Å². The third-order valence-electron chi connectivity index (χ3n) is 4.68. The van der Waals surface area contributed by atoms with Gasteiger partial charge in [-0.25, -0.2) is 0 Å². The summed E-state index contributed by atoms with van der Waals surface area (Å²) in [6, 6.07) is 5.43. The van der Waals surface area contributed by atoms with E-state index in [9.17, 15) is 4.79 Å². The first-order valence-corrected chi connectivity index (χ1v) is 7.97. The summed E-state index contributed by atoms with van der Waals surface area (Å²) in [6.07, 6.45) is 1.11. The lowest BCUT2D eigenvalue weighted by molar-refractivity contribution is -0.0869. The molecule has 0 N–H and O–H groups in total. The molecule has 23 heavy (non-hydrogen) atoms. The number of carbonyl (C=O) groups excluding carboxylic acids is 1. The van der Waals surface area contributed by atoms with Crippen LogP contribution in [0.5, 0.6) is 11.5 Å². The fraction of sp³-hybridized carbons (Fsp3) is 0.588. The molecule has 126 valence electrons. The van der Waals surface area contributed by atoms with Crippen molar-refractivity contribution in [2.45, 2.75) is 18.6 Å². The Balaban J connectivity index is 1.83. The predicted octanol–water partition coefficient (Wildman–Crippen LogP) is 1.25. The van der Waals surface area contributed by atoms with Crippen molar-refractivity contribution in [3.8, 4) is 11.5 Å². The maximum absolute atomic E-state index is 13.0. The van der Waals surface area contributed by atoms with Gasteiger partial charge in [-0.05, 0) is 31.7 Å². The number of ether oxygens (including phenoxy) is 3. The first-order valence-electron chi connectivity index (χ1n) is 7.97. The van der Waals surface area contributed by atoms with Crippen LogP contribution >= 0.6 is 0 Å². The maximum Gasteiger partial charge on any atom is 0.254 e. The summed E-state index contributed by atoms with van der Waals surface area (Å²) < 4.78 is 16.4. The second-order valence-corrected chi connectivity index (χ2v) is 6.10. The van der Waals surface area contributed by atoms with E-state index in [1.807, 2.05) is 4.90 Å². The van der Waals surface area contributed by atoms with E-state index in [-0.39, 0.29) is 18.1 Å². The molecule has 0 spiro atoms. The monoisotopic (exact) mass is 320 g/mol. The van der Waals surface area contributed by atoms with Crippen LogP contribution in [0.2, 0.25) is 0 Å². The van der Waals surface area contributed by atoms with Crippen LogP contribution in [0.3, 0.4) is 0 Å². The van der Waals surface area contributed by atoms with E-state index >= 15 is 0 Å². The Labute approximate surface area is 136 Å². The molecule has 1 aromatic rings. The van der Waals surface area contributed by atoms with E-state index in [2.05, 4.69) is 11.9 Å². The smallest absolute Gasteiger partial charge is 0.254 e. The Morgan fingerprint density at radius 2 is 2.00 bits per heavy atom. The lowest BCUT2D eigenvalue weighted by Gasteiger charge is -2.46. The fourth-order valence-corrected chi connectivity index (χ4v) is 3.42. The summed E-state index contributed by atoms with van der Waals surface area (Å²) in [5, 5.41) is 0. The van der Waals surface area contributed by atoms with Gasteiger partial charge >= 0.3 is 0 Å². The van der Waals surface area contributed by atoms with Crippen LogP contribution in [0.25, 0.3) is 0 Å². The standard InChI is InChI=1S/C17H24N2O4/c1-18-7-6-14-13(11-18)19(8-9-23-14)17(20)12-4-5-15(21-2)16(10-12)22-3/h4-5,10,13-14H,6-9,11H2,1-3H3. The lowest BCUT2D eigenvalue weighted by atomic mass is 9.98. The molecule has 3 rings (SSSR count). The number of rotatable bonds is 3. The molecule has 2 aliphatic rings. The van der Waals surface area contributed by atoms with Gasteiger partial charge in [-0.3, -0.25) is 4.79 Å². The quantitative estimate of drug-likeness (QED) is 0.839. The Morgan fingerprint density at radius 3 is 2.74 bits per heavy atom. The van der Waals surface area contributed by atoms with E-state index in [4.69, 9.17) is 14.2 Å². The van der Waals surface area contributed by atoms with E-state index in [1.165, 1.54) is 0 Å². The molecular formula is C17H24N2O4. The zero-order valence-corrected chi connectivity index (χ0v) is 13.9. The van der Waals surface area contributed by atoms with Crippen LogP contribution in [0.1, 0.15) is 16.8 Å². The molecule has 6 nitrogen and oxygen atoms in total. The van der Waals surface area contributed by atoms with Gasteiger partial charge in [0.25, 0.3) is 5.91 Å². The van der Waals surface area contributed by atoms with Gasteiger partial charge in [0.05, 0.1) is 33.0 Å². The highest BCUT2D eigenvalue weighted by molar-refractivity contribution is 5.95. The number of amides is 1. The van der Waals surface area contributed by atoms with Gasteiger partial charge in [-0.2, -0.15) is 0 Å². The van der Waals surface area contributed by atoms with Crippen LogP contribution in [0.4, 0.5) is 0 Å². The molecule has 1 amide bonds. The third-order valence-corrected chi connectivity index (χ3v) is 4.68. The summed E-state index contributed by atoms with van der Waals surface area (Å²) in [7, 11) is 5.25. The molecule has 6 heteroatoms. The van der Waals surface area contributed by atoms with E-state index in [0.717, 1.165) is 19.5 Å². The largest absolute Gasteiger partial charge is 0.493 e. The molecule has 2 unspecified atom stereocenters. The van der Waals surface area contributed by atoms with Gasteiger partial charge in [-0.1, -0.05) is 0 Å². The number of piperidine rings is 1. The number of nitrogens with zero attached hydrogens (tertiary/aromatic N) is 2. The molecule has 0 aromatic heterocycles. The summed E-state index contributed by atoms with van der Waals surface area (Å²) >= 11 is 0. The molecule has 2 fully saturated rings. The van der Waals surface area contributed by atoms with Crippen LogP contribution < -0.4 is 9.47 Å². The zero-order valence-electron chi connectivity index (χ0n) is 13.9. The van der Waals surface area contributed by atoms with Crippen molar-refractivity contribution in [1.82, 2.24) is 9.80 Å². The molecule has 0 saturated carbocycles. The van der Waals surface area contributed by atoms with Crippen LogP contribution in [-0.2, 0) is 4.74 Å². The Hall–Kier alpha value is -1.79. The van der Waals surface area contributed by atoms with Crippen molar-refractivity contribution < 1.29 is 19.0 Å². The number of likely N-dealkylation sites (tertiary alicyclic amines) is 1. The normalized spacial score (nSPS) is 24.9. The fourth-order valence-electron chi connectivity index (χ4n) is 3.42. The van der Waals surface area contributed by atoms with Crippen molar-refractivity contribution in [1.29, 1.82) is 0 Å². The van der Waals surface area contributed by atoms with Gasteiger partial charge in [0, 0.05) is 25.2 Å². The van der Waals surface area contributed by atoms with Gasteiger partial charge in [0.1, 0.15) is 0 Å². The Kier molecular flexibility index (Phi) is 4.73. The molecular weight excluding hydrogens is 296 g/mol. The Bertz CT molecular complexity index is 578. The average Bonchev–Trinajstić information content (AvgIpc) is 2.59. The molecule has 2 heterocycles. The highest BCUT2D eigenvalue weighted by atomic mass is 16.5.